The van der Waals surface area contributed by atoms with E-state index in [-0.39, 0.29) is 5.54 Å². The first kappa shape index (κ1) is 15.8. The molecule has 0 atom stereocenters. The third-order valence-electron chi connectivity index (χ3n) is 3.76. The minimum atomic E-state index is 0.0745. The van der Waals surface area contributed by atoms with Gasteiger partial charge in [-0.05, 0) is 33.1 Å². The molecule has 0 spiro atoms. The molecule has 6 nitrogen and oxygen atoms in total. The number of hydrogen-bond donors (Lipinski definition) is 2. The van der Waals surface area contributed by atoms with Crippen LogP contribution in [-0.4, -0.2) is 33.6 Å². The fraction of sp³-hybridized carbons (Fsp3) is 0.800. The normalized spacial score (nSPS) is 17.3. The molecule has 1 aromatic heterocycles. The lowest BCUT2D eigenvalue weighted by Crippen LogP contribution is -2.37. The van der Waals surface area contributed by atoms with E-state index in [2.05, 4.69) is 39.4 Å². The molecule has 1 aliphatic rings. The van der Waals surface area contributed by atoms with E-state index >= 15 is 0 Å². The summed E-state index contributed by atoms with van der Waals surface area (Å²) in [6.45, 7) is 7.72. The maximum atomic E-state index is 5.56. The Morgan fingerprint density at radius 2 is 1.76 bits per heavy atom. The number of nitrogens with one attached hydrogen (secondary N) is 2. The zero-order valence-electron chi connectivity index (χ0n) is 13.4. The Balaban J connectivity index is 2.14. The van der Waals surface area contributed by atoms with E-state index in [1.165, 1.54) is 19.3 Å². The van der Waals surface area contributed by atoms with E-state index in [9.17, 15) is 0 Å². The summed E-state index contributed by atoms with van der Waals surface area (Å²) in [7, 11) is 0. The first-order valence-corrected chi connectivity index (χ1v) is 8.06. The van der Waals surface area contributed by atoms with Crippen LogP contribution in [-0.2, 0) is 0 Å². The number of rotatable bonds is 7. The van der Waals surface area contributed by atoms with E-state index < -0.39 is 0 Å². The molecule has 118 valence electrons. The minimum absolute atomic E-state index is 0.0745. The van der Waals surface area contributed by atoms with Gasteiger partial charge in [-0.3, -0.25) is 0 Å². The highest BCUT2D eigenvalue weighted by Crippen LogP contribution is 2.30. The zero-order valence-corrected chi connectivity index (χ0v) is 13.4. The van der Waals surface area contributed by atoms with Crippen LogP contribution in [0.2, 0.25) is 0 Å². The molecule has 0 saturated heterocycles. The minimum Gasteiger partial charge on any atom is -0.463 e. The average molecular weight is 293 g/mol. The van der Waals surface area contributed by atoms with E-state index in [4.69, 9.17) is 4.74 Å². The quantitative estimate of drug-likeness (QED) is 0.804. The van der Waals surface area contributed by atoms with Crippen LogP contribution in [0.15, 0.2) is 0 Å². The van der Waals surface area contributed by atoms with Gasteiger partial charge in [0.05, 0.1) is 6.61 Å². The summed E-state index contributed by atoms with van der Waals surface area (Å²) in [5.74, 6) is 1.18. The number of ether oxygens (including phenoxy) is 1. The standard InChI is InChI=1S/C15H27N5O/c1-4-11-21-14-18-12(16-5-2)17-13(19-14)20-15(3)9-7-6-8-10-15/h4-11H2,1-3H3,(H2,16,17,18,19,20). The Morgan fingerprint density at radius 1 is 1.05 bits per heavy atom. The molecular formula is C15H27N5O. The van der Waals surface area contributed by atoms with Crippen molar-refractivity contribution in [1.82, 2.24) is 15.0 Å². The van der Waals surface area contributed by atoms with Crippen molar-refractivity contribution in [3.63, 3.8) is 0 Å². The predicted molar refractivity (Wildman–Crippen MR) is 84.9 cm³/mol. The highest BCUT2D eigenvalue weighted by molar-refractivity contribution is 5.38. The van der Waals surface area contributed by atoms with Crippen molar-refractivity contribution < 1.29 is 4.74 Å². The van der Waals surface area contributed by atoms with Gasteiger partial charge < -0.3 is 15.4 Å². The molecule has 1 aliphatic carbocycles. The number of nitrogens with zero attached hydrogens (tertiary/aromatic N) is 3. The molecule has 0 unspecified atom stereocenters. The van der Waals surface area contributed by atoms with Crippen LogP contribution in [0.25, 0.3) is 0 Å². The highest BCUT2D eigenvalue weighted by atomic mass is 16.5. The Morgan fingerprint density at radius 3 is 2.43 bits per heavy atom. The second kappa shape index (κ2) is 7.43. The molecular weight excluding hydrogens is 266 g/mol. The van der Waals surface area contributed by atoms with Crippen LogP contribution in [0, 0.1) is 0 Å². The predicted octanol–water partition coefficient (Wildman–Crippen LogP) is 3.23. The Bertz CT molecular complexity index is 446. The molecule has 0 aromatic carbocycles. The summed E-state index contributed by atoms with van der Waals surface area (Å²) in [5, 5.41) is 6.62. The Hall–Kier alpha value is -1.59. The van der Waals surface area contributed by atoms with Gasteiger partial charge in [0, 0.05) is 12.1 Å². The van der Waals surface area contributed by atoms with Crippen molar-refractivity contribution in [1.29, 1.82) is 0 Å². The summed E-state index contributed by atoms with van der Waals surface area (Å²) < 4.78 is 5.56. The van der Waals surface area contributed by atoms with Gasteiger partial charge in [0.2, 0.25) is 11.9 Å². The molecule has 21 heavy (non-hydrogen) atoms. The van der Waals surface area contributed by atoms with Gasteiger partial charge in [-0.1, -0.05) is 26.2 Å². The lowest BCUT2D eigenvalue weighted by Gasteiger charge is -2.34. The van der Waals surface area contributed by atoms with Gasteiger partial charge >= 0.3 is 6.01 Å². The molecule has 0 aliphatic heterocycles. The van der Waals surface area contributed by atoms with Crippen molar-refractivity contribution >= 4 is 11.9 Å². The van der Waals surface area contributed by atoms with Crippen molar-refractivity contribution in [3.8, 4) is 6.01 Å². The van der Waals surface area contributed by atoms with Crippen molar-refractivity contribution in [2.75, 3.05) is 23.8 Å². The Kier molecular flexibility index (Phi) is 5.59. The maximum absolute atomic E-state index is 5.56. The maximum Gasteiger partial charge on any atom is 0.323 e. The summed E-state index contributed by atoms with van der Waals surface area (Å²) in [6.07, 6.45) is 7.08. The van der Waals surface area contributed by atoms with Crippen LogP contribution in [0.3, 0.4) is 0 Å². The van der Waals surface area contributed by atoms with Gasteiger partial charge in [-0.2, -0.15) is 15.0 Å². The largest absolute Gasteiger partial charge is 0.463 e. The molecule has 1 aromatic rings. The van der Waals surface area contributed by atoms with Crippen LogP contribution < -0.4 is 15.4 Å². The smallest absolute Gasteiger partial charge is 0.323 e. The second-order valence-electron chi connectivity index (χ2n) is 5.89. The van der Waals surface area contributed by atoms with Crippen LogP contribution >= 0.6 is 0 Å². The molecule has 1 saturated carbocycles. The summed E-state index contributed by atoms with van der Waals surface area (Å²) in [5.41, 5.74) is 0.0745. The molecule has 6 heteroatoms. The van der Waals surface area contributed by atoms with E-state index in [0.29, 0.717) is 24.5 Å². The van der Waals surface area contributed by atoms with E-state index in [0.717, 1.165) is 25.8 Å². The number of aromatic nitrogens is 3. The fourth-order valence-electron chi connectivity index (χ4n) is 2.63. The van der Waals surface area contributed by atoms with Crippen molar-refractivity contribution in [3.05, 3.63) is 0 Å². The molecule has 1 heterocycles. The van der Waals surface area contributed by atoms with Gasteiger partial charge in [0.25, 0.3) is 0 Å². The second-order valence-corrected chi connectivity index (χ2v) is 5.89. The third kappa shape index (κ3) is 4.72. The van der Waals surface area contributed by atoms with Gasteiger partial charge in [0.1, 0.15) is 0 Å². The molecule has 0 amide bonds. The van der Waals surface area contributed by atoms with E-state index in [1.54, 1.807) is 0 Å². The van der Waals surface area contributed by atoms with Crippen molar-refractivity contribution in [2.24, 2.45) is 0 Å². The summed E-state index contributed by atoms with van der Waals surface area (Å²) in [4.78, 5) is 13.1. The van der Waals surface area contributed by atoms with Gasteiger partial charge in [-0.15, -0.1) is 0 Å². The average Bonchev–Trinajstić information content (AvgIpc) is 2.45. The van der Waals surface area contributed by atoms with Crippen LogP contribution in [0.4, 0.5) is 11.9 Å². The molecule has 0 bridgehead atoms. The zero-order chi connectivity index (χ0) is 15.1. The lowest BCUT2D eigenvalue weighted by atomic mass is 9.83. The van der Waals surface area contributed by atoms with Crippen LogP contribution in [0.5, 0.6) is 6.01 Å². The molecule has 2 N–H and O–H groups in total. The number of hydrogen-bond acceptors (Lipinski definition) is 6. The highest BCUT2D eigenvalue weighted by Gasteiger charge is 2.27. The number of anilines is 2. The fourth-order valence-corrected chi connectivity index (χ4v) is 2.63. The van der Waals surface area contributed by atoms with Crippen molar-refractivity contribution in [2.45, 2.75) is 64.8 Å². The van der Waals surface area contributed by atoms with Gasteiger partial charge in [-0.25, -0.2) is 0 Å². The third-order valence-corrected chi connectivity index (χ3v) is 3.76. The molecule has 1 fully saturated rings. The monoisotopic (exact) mass is 293 g/mol. The first-order valence-electron chi connectivity index (χ1n) is 8.06. The topological polar surface area (TPSA) is 72.0 Å². The van der Waals surface area contributed by atoms with Crippen LogP contribution in [0.1, 0.15) is 59.3 Å². The summed E-state index contributed by atoms with van der Waals surface area (Å²) in [6, 6.07) is 0.393. The summed E-state index contributed by atoms with van der Waals surface area (Å²) >= 11 is 0. The molecule has 0 radical (unpaired) electrons. The lowest BCUT2D eigenvalue weighted by molar-refractivity contribution is 0.291. The first-order chi connectivity index (χ1) is 10.1. The Labute approximate surface area is 127 Å². The van der Waals surface area contributed by atoms with Gasteiger partial charge in [0.15, 0.2) is 0 Å². The molecule has 2 rings (SSSR count). The SMILES string of the molecule is CCCOc1nc(NCC)nc(NC2(C)CCCCC2)n1. The van der Waals surface area contributed by atoms with E-state index in [1.807, 2.05) is 6.92 Å².